The first kappa shape index (κ1) is 12.3. The van der Waals surface area contributed by atoms with Gasteiger partial charge in [0.05, 0.1) is 12.7 Å². The van der Waals surface area contributed by atoms with Crippen LogP contribution in [-0.4, -0.2) is 35.0 Å². The molecule has 0 amide bonds. The summed E-state index contributed by atoms with van der Waals surface area (Å²) in [4.78, 5) is 10.8. The maximum Gasteiger partial charge on any atom is 0.335 e. The Morgan fingerprint density at radius 1 is 1.50 bits per heavy atom. The summed E-state index contributed by atoms with van der Waals surface area (Å²) in [7, 11) is 1.34. The number of carbonyl (C=O) groups is 1. The molecule has 1 aromatic rings. The van der Waals surface area contributed by atoms with Gasteiger partial charge in [-0.15, -0.1) is 0 Å². The monoisotopic (exact) mass is 226 g/mol. The summed E-state index contributed by atoms with van der Waals surface area (Å²) >= 11 is 0. The van der Waals surface area contributed by atoms with E-state index in [0.29, 0.717) is 5.56 Å². The van der Waals surface area contributed by atoms with E-state index in [0.717, 1.165) is 0 Å². The van der Waals surface area contributed by atoms with Crippen molar-refractivity contribution in [3.8, 4) is 11.5 Å². The Morgan fingerprint density at radius 2 is 2.12 bits per heavy atom. The molecule has 0 aliphatic carbocycles. The molecule has 0 radical (unpaired) electrons. The van der Waals surface area contributed by atoms with Crippen molar-refractivity contribution in [2.45, 2.75) is 12.8 Å². The lowest BCUT2D eigenvalue weighted by Gasteiger charge is -2.14. The Balaban J connectivity index is 3.35. The zero-order valence-corrected chi connectivity index (χ0v) is 9.10. The van der Waals surface area contributed by atoms with Gasteiger partial charge in [-0.05, 0) is 12.1 Å². The second-order valence-electron chi connectivity index (χ2n) is 3.51. The average molecular weight is 226 g/mol. The normalized spacial score (nSPS) is 12.2. The third kappa shape index (κ3) is 2.25. The number of aliphatic hydroxyl groups excluding tert-OH is 1. The van der Waals surface area contributed by atoms with Crippen LogP contribution in [0.25, 0.3) is 0 Å². The summed E-state index contributed by atoms with van der Waals surface area (Å²) in [5, 5.41) is 27.6. The smallest absolute Gasteiger partial charge is 0.335 e. The summed E-state index contributed by atoms with van der Waals surface area (Å²) < 4.78 is 4.88. The molecule has 0 fully saturated rings. The highest BCUT2D eigenvalue weighted by molar-refractivity contribution is 5.89. The van der Waals surface area contributed by atoms with Gasteiger partial charge in [0.1, 0.15) is 0 Å². The second kappa shape index (κ2) is 4.85. The first-order valence-corrected chi connectivity index (χ1v) is 4.76. The molecule has 16 heavy (non-hydrogen) atoms. The SMILES string of the molecule is COc1cc(C(=O)O)cc(C(C)CO)c1O. The first-order chi connectivity index (χ1) is 7.51. The number of aliphatic hydroxyl groups is 1. The van der Waals surface area contributed by atoms with Crippen molar-refractivity contribution in [2.24, 2.45) is 0 Å². The van der Waals surface area contributed by atoms with Crippen LogP contribution in [0.5, 0.6) is 11.5 Å². The lowest BCUT2D eigenvalue weighted by Crippen LogP contribution is -2.04. The van der Waals surface area contributed by atoms with Gasteiger partial charge in [0.15, 0.2) is 11.5 Å². The van der Waals surface area contributed by atoms with Gasteiger partial charge < -0.3 is 20.1 Å². The standard InChI is InChI=1S/C11H14O5/c1-6(5-12)8-3-7(11(14)15)4-9(16-2)10(8)13/h3-4,6,12-13H,5H2,1-2H3,(H,14,15). The van der Waals surface area contributed by atoms with Crippen LogP contribution in [0.1, 0.15) is 28.8 Å². The highest BCUT2D eigenvalue weighted by Gasteiger charge is 2.17. The average Bonchev–Trinajstić information content (AvgIpc) is 2.28. The van der Waals surface area contributed by atoms with Crippen LogP contribution in [0.15, 0.2) is 12.1 Å². The highest BCUT2D eigenvalue weighted by Crippen LogP contribution is 2.35. The Hall–Kier alpha value is -1.75. The van der Waals surface area contributed by atoms with Crippen LogP contribution in [-0.2, 0) is 0 Å². The molecule has 0 aromatic heterocycles. The molecule has 5 nitrogen and oxygen atoms in total. The summed E-state index contributed by atoms with van der Waals surface area (Å²) in [5.41, 5.74) is 0.379. The van der Waals surface area contributed by atoms with E-state index in [2.05, 4.69) is 0 Å². The summed E-state index contributed by atoms with van der Waals surface area (Å²) in [6, 6.07) is 2.58. The molecular formula is C11H14O5. The molecule has 88 valence electrons. The number of aromatic hydroxyl groups is 1. The van der Waals surface area contributed by atoms with Crippen LogP contribution in [0.2, 0.25) is 0 Å². The number of phenolic OH excluding ortho intramolecular Hbond substituents is 1. The summed E-state index contributed by atoms with van der Waals surface area (Å²) in [5.74, 6) is -1.50. The topological polar surface area (TPSA) is 87.0 Å². The lowest BCUT2D eigenvalue weighted by molar-refractivity contribution is 0.0696. The molecule has 0 spiro atoms. The first-order valence-electron chi connectivity index (χ1n) is 4.76. The minimum atomic E-state index is -1.11. The van der Waals surface area contributed by atoms with Crippen molar-refractivity contribution >= 4 is 5.97 Å². The van der Waals surface area contributed by atoms with Gasteiger partial charge in [0.2, 0.25) is 0 Å². The number of hydrogen-bond donors (Lipinski definition) is 3. The Kier molecular flexibility index (Phi) is 3.73. The zero-order valence-electron chi connectivity index (χ0n) is 9.10. The van der Waals surface area contributed by atoms with Gasteiger partial charge in [0, 0.05) is 18.1 Å². The molecule has 0 heterocycles. The van der Waals surface area contributed by atoms with Crippen LogP contribution in [0.4, 0.5) is 0 Å². The van der Waals surface area contributed by atoms with Crippen molar-refractivity contribution in [3.63, 3.8) is 0 Å². The number of aromatic carboxylic acids is 1. The van der Waals surface area contributed by atoms with E-state index in [1.807, 2.05) is 0 Å². The molecule has 0 bridgehead atoms. The number of benzene rings is 1. The maximum absolute atomic E-state index is 10.8. The van der Waals surface area contributed by atoms with Gasteiger partial charge in [0.25, 0.3) is 0 Å². The van der Waals surface area contributed by atoms with Crippen molar-refractivity contribution in [1.29, 1.82) is 0 Å². The Bertz CT molecular complexity index is 400. The molecule has 1 unspecified atom stereocenters. The Labute approximate surface area is 92.9 Å². The maximum atomic E-state index is 10.8. The van der Waals surface area contributed by atoms with Gasteiger partial charge in [-0.1, -0.05) is 6.92 Å². The van der Waals surface area contributed by atoms with Crippen LogP contribution in [0, 0.1) is 0 Å². The fraction of sp³-hybridized carbons (Fsp3) is 0.364. The molecule has 5 heteroatoms. The quantitative estimate of drug-likeness (QED) is 0.718. The molecular weight excluding hydrogens is 212 g/mol. The Morgan fingerprint density at radius 3 is 2.56 bits per heavy atom. The minimum absolute atomic E-state index is 0.0185. The van der Waals surface area contributed by atoms with Gasteiger partial charge in [-0.25, -0.2) is 4.79 Å². The number of methoxy groups -OCH3 is 1. The van der Waals surface area contributed by atoms with Crippen molar-refractivity contribution in [2.75, 3.05) is 13.7 Å². The van der Waals surface area contributed by atoms with E-state index < -0.39 is 5.97 Å². The fourth-order valence-corrected chi connectivity index (χ4v) is 1.38. The molecule has 0 saturated carbocycles. The number of hydrogen-bond acceptors (Lipinski definition) is 4. The molecule has 0 aliphatic rings. The van der Waals surface area contributed by atoms with E-state index in [4.69, 9.17) is 14.9 Å². The number of ether oxygens (including phenoxy) is 1. The van der Waals surface area contributed by atoms with Crippen molar-refractivity contribution < 1.29 is 24.9 Å². The van der Waals surface area contributed by atoms with Gasteiger partial charge >= 0.3 is 5.97 Å². The number of rotatable bonds is 4. The van der Waals surface area contributed by atoms with E-state index in [1.54, 1.807) is 6.92 Å². The van der Waals surface area contributed by atoms with E-state index in [-0.39, 0.29) is 29.6 Å². The van der Waals surface area contributed by atoms with E-state index >= 15 is 0 Å². The van der Waals surface area contributed by atoms with Gasteiger partial charge in [-0.2, -0.15) is 0 Å². The molecule has 1 aromatic carbocycles. The number of carboxylic acid groups (broad SMARTS) is 1. The lowest BCUT2D eigenvalue weighted by atomic mass is 9.98. The highest BCUT2D eigenvalue weighted by atomic mass is 16.5. The fourth-order valence-electron chi connectivity index (χ4n) is 1.38. The summed E-state index contributed by atoms with van der Waals surface area (Å²) in [6.45, 7) is 1.50. The zero-order chi connectivity index (χ0) is 12.3. The predicted octanol–water partition coefficient (Wildman–Crippen LogP) is 1.19. The van der Waals surface area contributed by atoms with E-state index in [9.17, 15) is 9.90 Å². The van der Waals surface area contributed by atoms with Crippen LogP contribution >= 0.6 is 0 Å². The predicted molar refractivity (Wildman–Crippen MR) is 57.1 cm³/mol. The molecule has 0 aliphatic heterocycles. The minimum Gasteiger partial charge on any atom is -0.504 e. The van der Waals surface area contributed by atoms with Crippen LogP contribution < -0.4 is 4.74 Å². The van der Waals surface area contributed by atoms with Crippen molar-refractivity contribution in [3.05, 3.63) is 23.3 Å². The van der Waals surface area contributed by atoms with Gasteiger partial charge in [-0.3, -0.25) is 0 Å². The molecule has 1 atom stereocenters. The molecule has 3 N–H and O–H groups in total. The number of carboxylic acids is 1. The molecule has 0 saturated heterocycles. The van der Waals surface area contributed by atoms with Crippen LogP contribution in [0.3, 0.4) is 0 Å². The third-order valence-electron chi connectivity index (χ3n) is 2.38. The number of phenols is 1. The van der Waals surface area contributed by atoms with Crippen molar-refractivity contribution in [1.82, 2.24) is 0 Å². The van der Waals surface area contributed by atoms with E-state index in [1.165, 1.54) is 19.2 Å². The molecule has 1 rings (SSSR count). The third-order valence-corrected chi connectivity index (χ3v) is 2.38. The largest absolute Gasteiger partial charge is 0.504 e. The summed E-state index contributed by atoms with van der Waals surface area (Å²) in [6.07, 6.45) is 0. The second-order valence-corrected chi connectivity index (χ2v) is 3.51.